The highest BCUT2D eigenvalue weighted by molar-refractivity contribution is 9.10. The fraction of sp³-hybridized carbons (Fsp3) is 0.364. The van der Waals surface area contributed by atoms with Crippen LogP contribution in [0.25, 0.3) is 0 Å². The fourth-order valence-corrected chi connectivity index (χ4v) is 4.18. The van der Waals surface area contributed by atoms with Gasteiger partial charge in [-0.05, 0) is 22.0 Å². The minimum Gasteiger partial charge on any atom is -0.406 e. The van der Waals surface area contributed by atoms with Gasteiger partial charge < -0.3 is 9.64 Å². The Morgan fingerprint density at radius 3 is 2.39 bits per heavy atom. The van der Waals surface area contributed by atoms with E-state index in [1.54, 1.807) is 0 Å². The molecule has 0 bridgehead atoms. The summed E-state index contributed by atoms with van der Waals surface area (Å²) >= 11 is 8.92. The van der Waals surface area contributed by atoms with Gasteiger partial charge in [-0.25, -0.2) is 8.42 Å². The zero-order valence-electron chi connectivity index (χ0n) is 10.9. The molecule has 1 heterocycles. The van der Waals surface area contributed by atoms with Crippen molar-refractivity contribution in [1.29, 1.82) is 0 Å². The number of hydrogen-bond donors (Lipinski definition) is 0. The van der Waals surface area contributed by atoms with Crippen molar-refractivity contribution in [3.63, 3.8) is 0 Å². The van der Waals surface area contributed by atoms with E-state index in [0.717, 1.165) is 17.0 Å². The minimum absolute atomic E-state index is 0.0465. The molecule has 12 heteroatoms. The van der Waals surface area contributed by atoms with Crippen LogP contribution < -0.4 is 9.64 Å². The molecule has 0 radical (unpaired) electrons. The summed E-state index contributed by atoms with van der Waals surface area (Å²) in [7, 11) is 1.28. The highest BCUT2D eigenvalue weighted by Crippen LogP contribution is 2.41. The molecule has 23 heavy (non-hydrogen) atoms. The predicted molar refractivity (Wildman–Crippen MR) is 81.4 cm³/mol. The number of halogens is 6. The average Bonchev–Trinajstić information content (AvgIpc) is 2.68. The first-order chi connectivity index (χ1) is 10.4. The number of carbonyl (C=O) groups is 1. The first-order valence-corrected chi connectivity index (χ1v) is 9.41. The summed E-state index contributed by atoms with van der Waals surface area (Å²) in [6.07, 6.45) is -5.24. The molecule has 1 aliphatic heterocycles. The van der Waals surface area contributed by atoms with Crippen LogP contribution in [0.15, 0.2) is 16.6 Å². The second kappa shape index (κ2) is 6.30. The van der Waals surface area contributed by atoms with Crippen LogP contribution in [0.1, 0.15) is 6.42 Å². The number of alkyl halides is 3. The Morgan fingerprint density at radius 2 is 1.96 bits per heavy atom. The van der Waals surface area contributed by atoms with Gasteiger partial charge in [0, 0.05) is 34.2 Å². The predicted octanol–water partition coefficient (Wildman–Crippen LogP) is 3.68. The lowest BCUT2D eigenvalue weighted by atomic mass is 10.2. The minimum atomic E-state index is -4.90. The molecule has 128 valence electrons. The summed E-state index contributed by atoms with van der Waals surface area (Å²) < 4.78 is 63.1. The lowest BCUT2D eigenvalue weighted by molar-refractivity contribution is -0.274. The molecule has 0 saturated carbocycles. The van der Waals surface area contributed by atoms with Crippen LogP contribution in [0.2, 0.25) is 5.02 Å². The molecule has 0 aromatic heterocycles. The van der Waals surface area contributed by atoms with Gasteiger partial charge >= 0.3 is 6.36 Å². The second-order valence-corrected chi connectivity index (χ2v) is 8.76. The molecule has 1 aromatic rings. The quantitative estimate of drug-likeness (QED) is 0.651. The first-order valence-electron chi connectivity index (χ1n) is 5.87. The molecule has 1 saturated heterocycles. The van der Waals surface area contributed by atoms with Crippen molar-refractivity contribution in [1.82, 2.24) is 0 Å². The van der Waals surface area contributed by atoms with Crippen molar-refractivity contribution in [2.75, 3.05) is 11.4 Å². The van der Waals surface area contributed by atoms with Gasteiger partial charge in [-0.1, -0.05) is 11.6 Å². The number of hydrogen-bond acceptors (Lipinski definition) is 4. The van der Waals surface area contributed by atoms with Crippen LogP contribution in [0, 0.1) is 0 Å². The van der Waals surface area contributed by atoms with Crippen molar-refractivity contribution < 1.29 is 31.1 Å². The Balaban J connectivity index is 2.36. The maximum absolute atomic E-state index is 12.2. The van der Waals surface area contributed by atoms with Gasteiger partial charge in [0.15, 0.2) is 0 Å². The number of ether oxygens (including phenoxy) is 1. The van der Waals surface area contributed by atoms with E-state index in [-0.39, 0.29) is 28.1 Å². The maximum Gasteiger partial charge on any atom is 0.573 e. The highest BCUT2D eigenvalue weighted by atomic mass is 79.9. The van der Waals surface area contributed by atoms with Crippen molar-refractivity contribution >= 4 is 58.9 Å². The van der Waals surface area contributed by atoms with E-state index < -0.39 is 32.3 Å². The standard InChI is InChI=1S/C11H7BrCl2F3NO4S/c12-7-1-5(22-11(15,16)17)2-8(13)10(7)18-4-6(3-9(18)19)23(14,20)21/h1-2,6H,3-4H2. The molecule has 1 aromatic carbocycles. The van der Waals surface area contributed by atoms with E-state index in [2.05, 4.69) is 20.7 Å². The summed E-state index contributed by atoms with van der Waals surface area (Å²) in [6.45, 7) is -0.248. The molecular formula is C11H7BrCl2F3NO4S. The second-order valence-electron chi connectivity index (χ2n) is 4.59. The largest absolute Gasteiger partial charge is 0.573 e. The molecule has 0 aliphatic carbocycles. The zero-order chi connectivity index (χ0) is 17.6. The SMILES string of the molecule is O=C1CC(S(=O)(=O)Cl)CN1c1c(Cl)cc(OC(F)(F)F)cc1Br. The summed E-state index contributed by atoms with van der Waals surface area (Å²) in [5, 5.41) is -1.33. The molecule has 1 aliphatic rings. The van der Waals surface area contributed by atoms with E-state index >= 15 is 0 Å². The maximum atomic E-state index is 12.2. The van der Waals surface area contributed by atoms with Gasteiger partial charge in [-0.2, -0.15) is 0 Å². The van der Waals surface area contributed by atoms with Crippen LogP contribution >= 0.6 is 38.2 Å². The third kappa shape index (κ3) is 4.43. The molecule has 1 atom stereocenters. The van der Waals surface area contributed by atoms with E-state index in [9.17, 15) is 26.4 Å². The van der Waals surface area contributed by atoms with Gasteiger partial charge in [-0.15, -0.1) is 13.2 Å². The fourth-order valence-electron chi connectivity index (χ4n) is 2.07. The normalized spacial score (nSPS) is 19.3. The van der Waals surface area contributed by atoms with Crippen molar-refractivity contribution in [2.45, 2.75) is 18.0 Å². The van der Waals surface area contributed by atoms with Crippen LogP contribution in [0.5, 0.6) is 5.75 Å². The van der Waals surface area contributed by atoms with Gasteiger partial charge in [0.2, 0.25) is 15.0 Å². The summed E-state index contributed by atoms with van der Waals surface area (Å²) in [4.78, 5) is 13.0. The Morgan fingerprint density at radius 1 is 1.35 bits per heavy atom. The van der Waals surface area contributed by atoms with Gasteiger partial charge in [0.25, 0.3) is 0 Å². The molecule has 1 amide bonds. The lowest BCUT2D eigenvalue weighted by Gasteiger charge is -2.20. The number of benzene rings is 1. The van der Waals surface area contributed by atoms with E-state index in [1.165, 1.54) is 0 Å². The number of carbonyl (C=O) groups excluding carboxylic acids is 1. The van der Waals surface area contributed by atoms with Crippen LogP contribution in [0.3, 0.4) is 0 Å². The molecule has 0 N–H and O–H groups in total. The van der Waals surface area contributed by atoms with Crippen LogP contribution in [-0.4, -0.2) is 32.5 Å². The Labute approximate surface area is 146 Å². The van der Waals surface area contributed by atoms with E-state index in [4.69, 9.17) is 22.3 Å². The molecule has 2 rings (SSSR count). The average molecular weight is 457 g/mol. The number of rotatable bonds is 3. The summed E-state index contributed by atoms with van der Waals surface area (Å²) in [6, 6.07) is 1.86. The monoisotopic (exact) mass is 455 g/mol. The number of anilines is 1. The lowest BCUT2D eigenvalue weighted by Crippen LogP contribution is -2.27. The molecular weight excluding hydrogens is 450 g/mol. The highest BCUT2D eigenvalue weighted by Gasteiger charge is 2.40. The van der Waals surface area contributed by atoms with Gasteiger partial charge in [-0.3, -0.25) is 4.79 Å². The first kappa shape index (κ1) is 18.6. The molecule has 1 unspecified atom stereocenters. The Kier molecular flexibility index (Phi) is 5.10. The third-order valence-corrected chi connectivity index (χ3v) is 5.74. The molecule has 1 fully saturated rings. The number of amides is 1. The van der Waals surface area contributed by atoms with Crippen LogP contribution in [-0.2, 0) is 13.8 Å². The molecule has 0 spiro atoms. The van der Waals surface area contributed by atoms with Crippen molar-refractivity contribution in [3.8, 4) is 5.75 Å². The van der Waals surface area contributed by atoms with Crippen molar-refractivity contribution in [2.24, 2.45) is 0 Å². The van der Waals surface area contributed by atoms with Gasteiger partial charge in [0.05, 0.1) is 10.7 Å². The van der Waals surface area contributed by atoms with E-state index in [1.807, 2.05) is 0 Å². The molecule has 5 nitrogen and oxygen atoms in total. The topological polar surface area (TPSA) is 63.7 Å². The Hall–Kier alpha value is -0.710. The Bertz CT molecular complexity index is 733. The van der Waals surface area contributed by atoms with Gasteiger partial charge in [0.1, 0.15) is 11.0 Å². The van der Waals surface area contributed by atoms with Crippen LogP contribution in [0.4, 0.5) is 18.9 Å². The summed E-state index contributed by atoms with van der Waals surface area (Å²) in [5.41, 5.74) is 0.0500. The number of nitrogens with zero attached hydrogens (tertiary/aromatic N) is 1. The third-order valence-electron chi connectivity index (χ3n) is 2.98. The van der Waals surface area contributed by atoms with E-state index in [0.29, 0.717) is 0 Å². The zero-order valence-corrected chi connectivity index (χ0v) is 14.8. The summed E-state index contributed by atoms with van der Waals surface area (Å²) in [5.74, 6) is -1.14. The van der Waals surface area contributed by atoms with Crippen molar-refractivity contribution in [3.05, 3.63) is 21.6 Å². The smallest absolute Gasteiger partial charge is 0.406 e.